The number of nitrogens with zero attached hydrogens (tertiary/aromatic N) is 3. The van der Waals surface area contributed by atoms with Crippen LogP contribution in [0.2, 0.25) is 0 Å². The zero-order valence-corrected chi connectivity index (χ0v) is 20.0. The van der Waals surface area contributed by atoms with Gasteiger partial charge in [-0.1, -0.05) is 30.3 Å². The van der Waals surface area contributed by atoms with Gasteiger partial charge in [0.2, 0.25) is 0 Å². The second-order valence-electron chi connectivity index (χ2n) is 8.92. The van der Waals surface area contributed by atoms with E-state index in [0.29, 0.717) is 16.8 Å². The molecule has 4 aromatic rings. The Morgan fingerprint density at radius 1 is 1.00 bits per heavy atom. The molecule has 6 heteroatoms. The molecule has 0 saturated carbocycles. The number of methoxy groups -OCH3 is 1. The van der Waals surface area contributed by atoms with Gasteiger partial charge in [-0.15, -0.1) is 0 Å². The van der Waals surface area contributed by atoms with E-state index in [2.05, 4.69) is 43.0 Å². The van der Waals surface area contributed by atoms with Crippen LogP contribution < -0.4 is 9.64 Å². The second-order valence-corrected chi connectivity index (χ2v) is 8.92. The first-order valence-electron chi connectivity index (χ1n) is 11.6. The molecule has 5 nitrogen and oxygen atoms in total. The van der Waals surface area contributed by atoms with Gasteiger partial charge < -0.3 is 14.4 Å². The van der Waals surface area contributed by atoms with E-state index in [1.54, 1.807) is 19.4 Å². The maximum atomic E-state index is 14.3. The van der Waals surface area contributed by atoms with Crippen molar-refractivity contribution in [2.24, 2.45) is 0 Å². The molecule has 35 heavy (non-hydrogen) atoms. The summed E-state index contributed by atoms with van der Waals surface area (Å²) < 4.78 is 26.0. The van der Waals surface area contributed by atoms with Crippen LogP contribution in [-0.2, 0) is 4.74 Å². The number of aromatic nitrogens is 1. The van der Waals surface area contributed by atoms with Crippen molar-refractivity contribution < 1.29 is 13.9 Å². The summed E-state index contributed by atoms with van der Waals surface area (Å²) in [7, 11) is 1.65. The van der Waals surface area contributed by atoms with Gasteiger partial charge in [0.15, 0.2) is 0 Å². The summed E-state index contributed by atoms with van der Waals surface area (Å²) in [4.78, 5) is 7.10. The average Bonchev–Trinajstić information content (AvgIpc) is 2.87. The summed E-state index contributed by atoms with van der Waals surface area (Å²) in [6, 6.07) is 20.7. The number of morpholine rings is 1. The third kappa shape index (κ3) is 4.31. The molecule has 1 aliphatic heterocycles. The first-order chi connectivity index (χ1) is 17.0. The molecule has 2 atom stereocenters. The highest BCUT2D eigenvalue weighted by atomic mass is 19.1. The van der Waals surface area contributed by atoms with Crippen molar-refractivity contribution in [2.45, 2.75) is 26.1 Å². The number of benzene rings is 3. The van der Waals surface area contributed by atoms with Crippen LogP contribution in [0.5, 0.6) is 5.75 Å². The predicted molar refractivity (Wildman–Crippen MR) is 136 cm³/mol. The Hall–Kier alpha value is -3.95. The standard InChI is InChI=1S/C29H26FN3O2/c1-18-16-33(17-19(2)35-18)23-11-9-20(10-12-23)26-15-32-28-24(5-4-6-25(28)29(26)34-3)21-7-8-22(14-31)27(30)13-21/h4-13,15,18-19H,16-17H2,1-3H3/t18-,19?/m1/s1. The normalized spacial score (nSPS) is 17.9. The van der Waals surface area contributed by atoms with E-state index in [9.17, 15) is 4.39 Å². The second kappa shape index (κ2) is 9.36. The summed E-state index contributed by atoms with van der Waals surface area (Å²) in [5.74, 6) is 0.169. The minimum absolute atomic E-state index is 0.0197. The lowest BCUT2D eigenvalue weighted by Crippen LogP contribution is -2.45. The molecule has 1 aromatic heterocycles. The zero-order chi connectivity index (χ0) is 24.5. The molecule has 2 heterocycles. The Morgan fingerprint density at radius 3 is 2.37 bits per heavy atom. The molecule has 1 unspecified atom stereocenters. The number of hydrogen-bond donors (Lipinski definition) is 0. The summed E-state index contributed by atoms with van der Waals surface area (Å²) in [6.07, 6.45) is 2.20. The highest BCUT2D eigenvalue weighted by molar-refractivity contribution is 6.00. The van der Waals surface area contributed by atoms with Crippen molar-refractivity contribution >= 4 is 16.6 Å². The number of nitriles is 1. The van der Waals surface area contributed by atoms with Gasteiger partial charge in [0.05, 0.1) is 30.4 Å². The Bertz CT molecular complexity index is 1420. The number of anilines is 1. The first kappa shape index (κ1) is 22.8. The van der Waals surface area contributed by atoms with Crippen LogP contribution in [0, 0.1) is 17.1 Å². The molecule has 1 saturated heterocycles. The monoisotopic (exact) mass is 467 g/mol. The first-order valence-corrected chi connectivity index (χ1v) is 11.6. The van der Waals surface area contributed by atoms with Gasteiger partial charge in [0.1, 0.15) is 17.6 Å². The largest absolute Gasteiger partial charge is 0.495 e. The van der Waals surface area contributed by atoms with Gasteiger partial charge in [-0.3, -0.25) is 4.98 Å². The van der Waals surface area contributed by atoms with Gasteiger partial charge >= 0.3 is 0 Å². The van der Waals surface area contributed by atoms with Crippen molar-refractivity contribution in [3.63, 3.8) is 0 Å². The number of ether oxygens (including phenoxy) is 2. The molecule has 0 spiro atoms. The van der Waals surface area contributed by atoms with Crippen molar-refractivity contribution in [2.75, 3.05) is 25.1 Å². The van der Waals surface area contributed by atoms with Crippen LogP contribution in [0.25, 0.3) is 33.2 Å². The summed E-state index contributed by atoms with van der Waals surface area (Å²) in [5, 5.41) is 9.89. The molecule has 3 aromatic carbocycles. The van der Waals surface area contributed by atoms with Crippen molar-refractivity contribution in [1.29, 1.82) is 5.26 Å². The summed E-state index contributed by atoms with van der Waals surface area (Å²) in [5.41, 5.74) is 5.22. The van der Waals surface area contributed by atoms with Gasteiger partial charge in [0.25, 0.3) is 0 Å². The van der Waals surface area contributed by atoms with Crippen molar-refractivity contribution in [1.82, 2.24) is 4.98 Å². The smallest absolute Gasteiger partial charge is 0.141 e. The molecular weight excluding hydrogens is 441 g/mol. The molecule has 1 fully saturated rings. The Labute approximate surface area is 204 Å². The molecule has 176 valence electrons. The zero-order valence-electron chi connectivity index (χ0n) is 20.0. The number of halogens is 1. The third-order valence-corrected chi connectivity index (χ3v) is 6.42. The highest BCUT2D eigenvalue weighted by Crippen LogP contribution is 2.39. The van der Waals surface area contributed by atoms with Crippen molar-refractivity contribution in [3.8, 4) is 34.1 Å². The van der Waals surface area contributed by atoms with Crippen LogP contribution >= 0.6 is 0 Å². The van der Waals surface area contributed by atoms with E-state index in [-0.39, 0.29) is 17.8 Å². The van der Waals surface area contributed by atoms with Gasteiger partial charge in [-0.2, -0.15) is 5.26 Å². The SMILES string of the molecule is COc1c(-c2ccc(N3CC(C)O[C@H](C)C3)cc2)cnc2c(-c3ccc(C#N)c(F)c3)cccc12. The summed E-state index contributed by atoms with van der Waals surface area (Å²) >= 11 is 0. The minimum Gasteiger partial charge on any atom is -0.495 e. The Balaban J connectivity index is 1.54. The fourth-order valence-corrected chi connectivity index (χ4v) is 4.87. The number of rotatable bonds is 4. The lowest BCUT2D eigenvalue weighted by molar-refractivity contribution is -0.00521. The van der Waals surface area contributed by atoms with Gasteiger partial charge in [-0.05, 0) is 55.3 Å². The van der Waals surface area contributed by atoms with E-state index in [0.717, 1.165) is 40.9 Å². The third-order valence-electron chi connectivity index (χ3n) is 6.42. The molecule has 0 aliphatic carbocycles. The summed E-state index contributed by atoms with van der Waals surface area (Å²) in [6.45, 7) is 5.93. The fraction of sp³-hybridized carbons (Fsp3) is 0.241. The van der Waals surface area contributed by atoms with Crippen LogP contribution in [0.4, 0.5) is 10.1 Å². The van der Waals surface area contributed by atoms with Gasteiger partial charge in [0, 0.05) is 41.5 Å². The van der Waals surface area contributed by atoms with E-state index in [1.165, 1.54) is 12.1 Å². The number of fused-ring (bicyclic) bond motifs is 1. The van der Waals surface area contributed by atoms with E-state index in [4.69, 9.17) is 19.7 Å². The van der Waals surface area contributed by atoms with Crippen LogP contribution in [0.15, 0.2) is 66.9 Å². The average molecular weight is 468 g/mol. The maximum Gasteiger partial charge on any atom is 0.141 e. The van der Waals surface area contributed by atoms with E-state index in [1.807, 2.05) is 24.3 Å². The Kier molecular flexibility index (Phi) is 6.10. The molecule has 1 aliphatic rings. The van der Waals surface area contributed by atoms with Crippen molar-refractivity contribution in [3.05, 3.63) is 78.2 Å². The lowest BCUT2D eigenvalue weighted by atomic mass is 9.97. The minimum atomic E-state index is -0.547. The highest BCUT2D eigenvalue weighted by Gasteiger charge is 2.22. The molecule has 5 rings (SSSR count). The van der Waals surface area contributed by atoms with E-state index < -0.39 is 5.82 Å². The molecule has 0 N–H and O–H groups in total. The van der Waals surface area contributed by atoms with Gasteiger partial charge in [-0.25, -0.2) is 4.39 Å². The Morgan fingerprint density at radius 2 is 1.71 bits per heavy atom. The van der Waals surface area contributed by atoms with Crippen LogP contribution in [0.3, 0.4) is 0 Å². The number of para-hydroxylation sites is 1. The predicted octanol–water partition coefficient (Wildman–Crippen LogP) is 6.20. The molecular formula is C29H26FN3O2. The number of pyridine rings is 1. The molecule has 0 radical (unpaired) electrons. The fourth-order valence-electron chi connectivity index (χ4n) is 4.87. The molecule has 0 amide bonds. The van der Waals surface area contributed by atoms with Crippen LogP contribution in [-0.4, -0.2) is 37.4 Å². The molecule has 0 bridgehead atoms. The van der Waals surface area contributed by atoms with E-state index >= 15 is 0 Å². The topological polar surface area (TPSA) is 58.4 Å². The quantitative estimate of drug-likeness (QED) is 0.358. The number of hydrogen-bond acceptors (Lipinski definition) is 5. The maximum absolute atomic E-state index is 14.3. The van der Waals surface area contributed by atoms with Crippen LogP contribution in [0.1, 0.15) is 19.4 Å². The lowest BCUT2D eigenvalue weighted by Gasteiger charge is -2.36.